The molecule has 0 fully saturated rings. The number of ether oxygens (including phenoxy) is 2. The molecule has 0 heterocycles. The molecule has 27 heavy (non-hydrogen) atoms. The van der Waals surface area contributed by atoms with Gasteiger partial charge in [0.15, 0.2) is 11.5 Å². The first kappa shape index (κ1) is 19.7. The highest BCUT2D eigenvalue weighted by molar-refractivity contribution is 5.88. The highest BCUT2D eigenvalue weighted by atomic mass is 16.6. The first-order chi connectivity index (χ1) is 13.0. The smallest absolute Gasteiger partial charge is 0.282 e. The van der Waals surface area contributed by atoms with E-state index in [2.05, 4.69) is 15.8 Å². The van der Waals surface area contributed by atoms with Crippen LogP contribution in [0, 0.1) is 17.0 Å². The molecule has 0 saturated carbocycles. The van der Waals surface area contributed by atoms with E-state index >= 15 is 0 Å². The Morgan fingerprint density at radius 3 is 2.52 bits per heavy atom. The lowest BCUT2D eigenvalue weighted by atomic mass is 10.1. The Hall–Kier alpha value is -3.62. The minimum absolute atomic E-state index is 0.0101. The van der Waals surface area contributed by atoms with E-state index in [9.17, 15) is 14.9 Å². The summed E-state index contributed by atoms with van der Waals surface area (Å²) in [6.45, 7) is 1.94. The van der Waals surface area contributed by atoms with E-state index in [1.165, 1.54) is 32.6 Å². The number of anilines is 1. The summed E-state index contributed by atoms with van der Waals surface area (Å²) in [5, 5.41) is 18.0. The lowest BCUT2D eigenvalue weighted by molar-refractivity contribution is -0.385. The summed E-state index contributed by atoms with van der Waals surface area (Å²) >= 11 is 0. The molecule has 0 bridgehead atoms. The number of aryl methyl sites for hydroxylation is 1. The molecule has 0 aliphatic heterocycles. The summed E-state index contributed by atoms with van der Waals surface area (Å²) in [6.07, 6.45) is 1.19. The number of rotatable bonds is 8. The molecule has 2 N–H and O–H groups in total. The van der Waals surface area contributed by atoms with Crippen LogP contribution in [-0.2, 0) is 4.79 Å². The number of nitrogens with zero attached hydrogens (tertiary/aromatic N) is 2. The van der Waals surface area contributed by atoms with Crippen LogP contribution in [0.4, 0.5) is 11.4 Å². The SMILES string of the molecule is COc1cc(/C=N\NC(=O)CNc2ccccc2C)c([N+](=O)[O-])cc1OC. The Balaban J connectivity index is 2.05. The molecule has 0 saturated heterocycles. The van der Waals surface area contributed by atoms with E-state index in [1.54, 1.807) is 0 Å². The number of hydrazone groups is 1. The van der Waals surface area contributed by atoms with Gasteiger partial charge in [0.05, 0.1) is 43.5 Å². The van der Waals surface area contributed by atoms with Crippen molar-refractivity contribution in [1.29, 1.82) is 0 Å². The fraction of sp³-hybridized carbons (Fsp3) is 0.222. The van der Waals surface area contributed by atoms with Crippen LogP contribution in [0.2, 0.25) is 0 Å². The van der Waals surface area contributed by atoms with Crippen molar-refractivity contribution in [3.8, 4) is 11.5 Å². The standard InChI is InChI=1S/C18H20N4O5/c1-12-6-4-5-7-14(12)19-11-18(23)21-20-10-13-8-16(26-2)17(27-3)9-15(13)22(24)25/h4-10,19H,11H2,1-3H3,(H,21,23)/b20-10-. The number of para-hydroxylation sites is 1. The van der Waals surface area contributed by atoms with Crippen LogP contribution in [0.15, 0.2) is 41.5 Å². The number of amides is 1. The Morgan fingerprint density at radius 2 is 1.89 bits per heavy atom. The number of benzene rings is 2. The Kier molecular flexibility index (Phi) is 6.70. The molecule has 0 radical (unpaired) electrons. The molecule has 0 aliphatic rings. The number of hydrogen-bond acceptors (Lipinski definition) is 7. The number of carbonyl (C=O) groups excluding carboxylic acids is 1. The van der Waals surface area contributed by atoms with Crippen LogP contribution in [0.25, 0.3) is 0 Å². The molecule has 0 aromatic heterocycles. The highest BCUT2D eigenvalue weighted by Crippen LogP contribution is 2.33. The van der Waals surface area contributed by atoms with E-state index in [0.717, 1.165) is 11.3 Å². The van der Waals surface area contributed by atoms with Crippen molar-refractivity contribution in [2.75, 3.05) is 26.1 Å². The van der Waals surface area contributed by atoms with E-state index in [1.807, 2.05) is 31.2 Å². The number of nitro benzene ring substituents is 1. The normalized spacial score (nSPS) is 10.5. The summed E-state index contributed by atoms with van der Waals surface area (Å²) < 4.78 is 10.2. The van der Waals surface area contributed by atoms with Crippen molar-refractivity contribution < 1.29 is 19.2 Å². The van der Waals surface area contributed by atoms with Gasteiger partial charge in [0.1, 0.15) is 0 Å². The quantitative estimate of drug-likeness (QED) is 0.418. The van der Waals surface area contributed by atoms with Gasteiger partial charge in [0.25, 0.3) is 11.6 Å². The average molecular weight is 372 g/mol. The van der Waals surface area contributed by atoms with Crippen molar-refractivity contribution in [2.24, 2.45) is 5.10 Å². The summed E-state index contributed by atoms with van der Waals surface area (Å²) in [5.41, 5.74) is 4.13. The molecule has 2 aromatic rings. The number of nitrogens with one attached hydrogen (secondary N) is 2. The second-order valence-corrected chi connectivity index (χ2v) is 5.48. The number of carbonyl (C=O) groups is 1. The molecule has 1 amide bonds. The van der Waals surface area contributed by atoms with Gasteiger partial charge in [-0.3, -0.25) is 14.9 Å². The summed E-state index contributed by atoms with van der Waals surface area (Å²) in [5.74, 6) is 0.155. The molecule has 142 valence electrons. The number of methoxy groups -OCH3 is 2. The third kappa shape index (κ3) is 5.18. The predicted molar refractivity (Wildman–Crippen MR) is 102 cm³/mol. The van der Waals surface area contributed by atoms with Gasteiger partial charge in [-0.25, -0.2) is 5.43 Å². The summed E-state index contributed by atoms with van der Waals surface area (Å²) in [6, 6.07) is 10.2. The van der Waals surface area contributed by atoms with Crippen LogP contribution in [0.5, 0.6) is 11.5 Å². The molecule has 2 rings (SSSR count). The lowest BCUT2D eigenvalue weighted by Crippen LogP contribution is -2.26. The van der Waals surface area contributed by atoms with Gasteiger partial charge in [0.2, 0.25) is 0 Å². The number of nitro groups is 1. The van der Waals surface area contributed by atoms with Crippen LogP contribution in [0.3, 0.4) is 0 Å². The largest absolute Gasteiger partial charge is 0.493 e. The molecule has 0 unspecified atom stereocenters. The van der Waals surface area contributed by atoms with Crippen molar-refractivity contribution in [3.63, 3.8) is 0 Å². The van der Waals surface area contributed by atoms with E-state index in [-0.39, 0.29) is 23.5 Å². The van der Waals surface area contributed by atoms with Gasteiger partial charge in [-0.15, -0.1) is 0 Å². The van der Waals surface area contributed by atoms with Crippen LogP contribution in [-0.4, -0.2) is 37.8 Å². The van der Waals surface area contributed by atoms with Crippen LogP contribution < -0.4 is 20.2 Å². The molecular formula is C18H20N4O5. The maximum Gasteiger partial charge on any atom is 0.282 e. The third-order valence-corrected chi connectivity index (χ3v) is 3.71. The van der Waals surface area contributed by atoms with Gasteiger partial charge in [0, 0.05) is 5.69 Å². The van der Waals surface area contributed by atoms with Crippen molar-refractivity contribution in [1.82, 2.24) is 5.43 Å². The molecule has 0 spiro atoms. The Morgan fingerprint density at radius 1 is 1.22 bits per heavy atom. The summed E-state index contributed by atoms with van der Waals surface area (Å²) in [4.78, 5) is 22.6. The van der Waals surface area contributed by atoms with Crippen LogP contribution >= 0.6 is 0 Å². The van der Waals surface area contributed by atoms with Gasteiger partial charge in [-0.05, 0) is 24.6 Å². The zero-order valence-electron chi connectivity index (χ0n) is 15.2. The van der Waals surface area contributed by atoms with Gasteiger partial charge in [-0.1, -0.05) is 18.2 Å². The van der Waals surface area contributed by atoms with Crippen LogP contribution in [0.1, 0.15) is 11.1 Å². The van der Waals surface area contributed by atoms with Gasteiger partial charge >= 0.3 is 0 Å². The maximum atomic E-state index is 11.9. The fourth-order valence-electron chi connectivity index (χ4n) is 2.31. The molecular weight excluding hydrogens is 352 g/mol. The van der Waals surface area contributed by atoms with Gasteiger partial charge < -0.3 is 14.8 Å². The topological polar surface area (TPSA) is 115 Å². The number of hydrogen-bond donors (Lipinski definition) is 2. The van der Waals surface area contributed by atoms with Crippen molar-refractivity contribution in [3.05, 3.63) is 57.6 Å². The van der Waals surface area contributed by atoms with E-state index in [0.29, 0.717) is 5.75 Å². The lowest BCUT2D eigenvalue weighted by Gasteiger charge is -2.09. The first-order valence-corrected chi connectivity index (χ1v) is 7.98. The predicted octanol–water partition coefficient (Wildman–Crippen LogP) is 2.48. The Bertz CT molecular complexity index is 867. The van der Waals surface area contributed by atoms with E-state index in [4.69, 9.17) is 9.47 Å². The minimum Gasteiger partial charge on any atom is -0.493 e. The molecule has 0 atom stereocenters. The third-order valence-electron chi connectivity index (χ3n) is 3.71. The fourth-order valence-corrected chi connectivity index (χ4v) is 2.31. The molecule has 0 aliphatic carbocycles. The Labute approximate surface area is 156 Å². The second kappa shape index (κ2) is 9.18. The second-order valence-electron chi connectivity index (χ2n) is 5.48. The van der Waals surface area contributed by atoms with Crippen molar-refractivity contribution in [2.45, 2.75) is 6.92 Å². The molecule has 9 nitrogen and oxygen atoms in total. The summed E-state index contributed by atoms with van der Waals surface area (Å²) in [7, 11) is 2.81. The van der Waals surface area contributed by atoms with Crippen molar-refractivity contribution >= 4 is 23.5 Å². The molecule has 2 aromatic carbocycles. The molecule has 9 heteroatoms. The zero-order valence-corrected chi connectivity index (χ0v) is 15.2. The average Bonchev–Trinajstić information content (AvgIpc) is 2.66. The maximum absolute atomic E-state index is 11.9. The zero-order chi connectivity index (χ0) is 19.8. The highest BCUT2D eigenvalue weighted by Gasteiger charge is 2.18. The first-order valence-electron chi connectivity index (χ1n) is 7.98. The van der Waals surface area contributed by atoms with E-state index < -0.39 is 10.8 Å². The minimum atomic E-state index is -0.565. The monoisotopic (exact) mass is 372 g/mol. The van der Waals surface area contributed by atoms with Gasteiger partial charge in [-0.2, -0.15) is 5.10 Å².